The van der Waals surface area contributed by atoms with Gasteiger partial charge in [-0.05, 0) is 24.4 Å². The Morgan fingerprint density at radius 3 is 2.86 bits per heavy atom. The Bertz CT molecular complexity index is 663. The van der Waals surface area contributed by atoms with Crippen molar-refractivity contribution in [1.29, 1.82) is 0 Å². The number of hydrogen-bond donors (Lipinski definition) is 3. The van der Waals surface area contributed by atoms with Gasteiger partial charge in [0.1, 0.15) is 5.69 Å². The van der Waals surface area contributed by atoms with Crippen LogP contribution in [0.3, 0.4) is 0 Å². The number of rotatable bonds is 6. The van der Waals surface area contributed by atoms with Crippen LogP contribution in [0.15, 0.2) is 39.4 Å². The molecule has 0 fully saturated rings. The van der Waals surface area contributed by atoms with Crippen LogP contribution < -0.4 is 5.32 Å². The van der Waals surface area contributed by atoms with E-state index in [2.05, 4.69) is 24.9 Å². The van der Waals surface area contributed by atoms with Gasteiger partial charge in [-0.25, -0.2) is 5.26 Å². The van der Waals surface area contributed by atoms with Gasteiger partial charge in [0.15, 0.2) is 5.75 Å². The first-order valence-corrected chi connectivity index (χ1v) is 6.94. The molecule has 0 heterocycles. The molecule has 0 radical (unpaired) electrons. The molecule has 3 N–H and O–H groups in total. The molecule has 0 atom stereocenters. The Kier molecular flexibility index (Phi) is 5.34. The first-order chi connectivity index (χ1) is 10.2. The van der Waals surface area contributed by atoms with Crippen LogP contribution in [0.2, 0.25) is 0 Å². The number of benzene rings is 2. The number of aromatic hydroxyl groups is 1. The summed E-state index contributed by atoms with van der Waals surface area (Å²) in [5, 5.41) is 34.6. The van der Waals surface area contributed by atoms with Crippen molar-refractivity contribution in [2.45, 2.75) is 11.8 Å². The van der Waals surface area contributed by atoms with Crippen molar-refractivity contribution in [1.82, 2.24) is 0 Å². The molecule has 0 aromatic heterocycles. The van der Waals surface area contributed by atoms with Crippen LogP contribution in [0, 0.1) is 0 Å². The molecule has 2 aromatic rings. The Hall–Kier alpha value is -1.87. The molecule has 112 valence electrons. The van der Waals surface area contributed by atoms with Crippen molar-refractivity contribution in [3.05, 3.63) is 24.3 Å². The molecule has 0 aliphatic heterocycles. The number of nitrogens with one attached hydrogen (secondary N) is 1. The first kappa shape index (κ1) is 15.5. The lowest BCUT2D eigenvalue weighted by molar-refractivity contribution is -0.432. The summed E-state index contributed by atoms with van der Waals surface area (Å²) >= 11 is 0.729. The molecule has 7 nitrogen and oxygen atoms in total. The number of nitrogens with zero attached hydrogens (tertiary/aromatic N) is 2. The van der Waals surface area contributed by atoms with E-state index >= 15 is 0 Å². The maximum atomic E-state index is 10.5. The lowest BCUT2D eigenvalue weighted by atomic mass is 10.1. The third-order valence-corrected chi connectivity index (χ3v) is 3.42. The van der Waals surface area contributed by atoms with Crippen LogP contribution in [0.25, 0.3) is 10.8 Å². The maximum Gasteiger partial charge on any atom is 0.154 e. The lowest BCUT2D eigenvalue weighted by Gasteiger charge is -2.13. The van der Waals surface area contributed by atoms with Gasteiger partial charge in [0.2, 0.25) is 0 Å². The van der Waals surface area contributed by atoms with E-state index in [9.17, 15) is 5.11 Å². The average molecular weight is 309 g/mol. The third kappa shape index (κ3) is 3.24. The van der Waals surface area contributed by atoms with Crippen molar-refractivity contribution in [2.24, 2.45) is 10.2 Å². The molecule has 21 heavy (non-hydrogen) atoms. The zero-order chi connectivity index (χ0) is 15.2. The van der Waals surface area contributed by atoms with E-state index in [1.54, 1.807) is 6.07 Å². The summed E-state index contributed by atoms with van der Waals surface area (Å²) in [6.45, 7) is 2.69. The van der Waals surface area contributed by atoms with E-state index in [0.29, 0.717) is 10.3 Å². The quantitative estimate of drug-likeness (QED) is 0.321. The number of anilines is 1. The highest BCUT2D eigenvalue weighted by Gasteiger charge is 2.16. The van der Waals surface area contributed by atoms with Crippen LogP contribution in [0.4, 0.5) is 11.4 Å². The van der Waals surface area contributed by atoms with Gasteiger partial charge >= 0.3 is 0 Å². The van der Waals surface area contributed by atoms with Crippen molar-refractivity contribution in [3.8, 4) is 5.75 Å². The van der Waals surface area contributed by atoms with Crippen LogP contribution in [0.5, 0.6) is 5.75 Å². The molecule has 0 aliphatic rings. The second-order valence-corrected chi connectivity index (χ2v) is 4.77. The number of azo groups is 1. The van der Waals surface area contributed by atoms with Crippen molar-refractivity contribution < 1.29 is 19.7 Å². The standard InChI is InChI=1S/C13H15N3O4S/c1-3-15-9-6-4-5-8-7-10(21-20-19-18)12(16-14-2)13(17)11(8)9/h4-7,15,17-18H,3H2,1-2H3/b16-14+. The fourth-order valence-electron chi connectivity index (χ4n) is 2.05. The monoisotopic (exact) mass is 309 g/mol. The van der Waals surface area contributed by atoms with E-state index in [1.807, 2.05) is 25.1 Å². The number of phenols is 1. The average Bonchev–Trinajstić information content (AvgIpc) is 2.48. The molecule has 8 heteroatoms. The van der Waals surface area contributed by atoms with Gasteiger partial charge < -0.3 is 10.4 Å². The molecular formula is C13H15N3O4S. The van der Waals surface area contributed by atoms with Gasteiger partial charge in [0, 0.05) is 24.7 Å². The molecule has 0 saturated carbocycles. The van der Waals surface area contributed by atoms with Gasteiger partial charge in [0.25, 0.3) is 0 Å². The third-order valence-electron chi connectivity index (χ3n) is 2.80. The van der Waals surface area contributed by atoms with Crippen LogP contribution in [-0.4, -0.2) is 24.0 Å². The van der Waals surface area contributed by atoms with Gasteiger partial charge in [-0.3, -0.25) is 0 Å². The SMILES string of the molecule is CCNc1cccc2cc(SOOO)c(/N=N/C)c(O)c12. The first-order valence-electron chi connectivity index (χ1n) is 6.20. The minimum atomic E-state index is -0.0151. The summed E-state index contributed by atoms with van der Waals surface area (Å²) in [7, 11) is 1.50. The predicted molar refractivity (Wildman–Crippen MR) is 80.9 cm³/mol. The summed E-state index contributed by atoms with van der Waals surface area (Å²) < 4.78 is 4.43. The fraction of sp³-hybridized carbons (Fsp3) is 0.231. The smallest absolute Gasteiger partial charge is 0.154 e. The molecule has 0 unspecified atom stereocenters. The largest absolute Gasteiger partial charge is 0.505 e. The highest BCUT2D eigenvalue weighted by Crippen LogP contribution is 2.45. The molecule has 0 saturated heterocycles. The Balaban J connectivity index is 2.68. The summed E-state index contributed by atoms with van der Waals surface area (Å²) in [5.74, 6) is -0.0151. The zero-order valence-electron chi connectivity index (χ0n) is 11.5. The summed E-state index contributed by atoms with van der Waals surface area (Å²) in [4.78, 5) is 0.466. The van der Waals surface area contributed by atoms with Crippen LogP contribution in [0.1, 0.15) is 6.92 Å². The zero-order valence-corrected chi connectivity index (χ0v) is 12.3. The maximum absolute atomic E-state index is 10.5. The van der Waals surface area contributed by atoms with Crippen molar-refractivity contribution >= 4 is 34.2 Å². The molecule has 0 aliphatic carbocycles. The fourth-order valence-corrected chi connectivity index (χ4v) is 2.54. The minimum absolute atomic E-state index is 0.0151. The molecule has 2 aromatic carbocycles. The predicted octanol–water partition coefficient (Wildman–Crippen LogP) is 4.12. The van der Waals surface area contributed by atoms with Gasteiger partial charge in [-0.2, -0.15) is 10.2 Å². The van der Waals surface area contributed by atoms with Gasteiger partial charge in [-0.15, -0.1) is 4.33 Å². The van der Waals surface area contributed by atoms with Crippen LogP contribution >= 0.6 is 12.0 Å². The normalized spacial score (nSPS) is 11.4. The summed E-state index contributed by atoms with van der Waals surface area (Å²) in [5.41, 5.74) is 1.05. The summed E-state index contributed by atoms with van der Waals surface area (Å²) in [6, 6.07) is 7.37. The minimum Gasteiger partial charge on any atom is -0.505 e. The Morgan fingerprint density at radius 2 is 2.19 bits per heavy atom. The number of phenolic OH excluding ortho intramolecular Hbond substituents is 1. The second-order valence-electron chi connectivity index (χ2n) is 4.03. The Labute approximate surface area is 125 Å². The Morgan fingerprint density at radius 1 is 1.38 bits per heavy atom. The van der Waals surface area contributed by atoms with E-state index in [0.717, 1.165) is 29.7 Å². The molecule has 2 rings (SSSR count). The van der Waals surface area contributed by atoms with E-state index in [-0.39, 0.29) is 11.4 Å². The molecule has 0 spiro atoms. The van der Waals surface area contributed by atoms with Crippen molar-refractivity contribution in [2.75, 3.05) is 18.9 Å². The highest BCUT2D eigenvalue weighted by atomic mass is 32.2. The van der Waals surface area contributed by atoms with Gasteiger partial charge in [0.05, 0.1) is 16.9 Å². The molecular weight excluding hydrogens is 294 g/mol. The number of hydrogen-bond acceptors (Lipinski definition) is 8. The number of fused-ring (bicyclic) bond motifs is 1. The topological polar surface area (TPSA) is 95.7 Å². The van der Waals surface area contributed by atoms with Crippen molar-refractivity contribution in [3.63, 3.8) is 0 Å². The highest BCUT2D eigenvalue weighted by molar-refractivity contribution is 7.94. The van der Waals surface area contributed by atoms with E-state index < -0.39 is 0 Å². The lowest BCUT2D eigenvalue weighted by Crippen LogP contribution is -1.97. The van der Waals surface area contributed by atoms with Gasteiger partial charge in [-0.1, -0.05) is 17.2 Å². The second kappa shape index (κ2) is 7.23. The molecule has 0 amide bonds. The molecule has 0 bridgehead atoms. The summed E-state index contributed by atoms with van der Waals surface area (Å²) in [6.07, 6.45) is 0. The van der Waals surface area contributed by atoms with E-state index in [1.165, 1.54) is 7.05 Å². The van der Waals surface area contributed by atoms with Crippen LogP contribution in [-0.2, 0) is 9.37 Å². The van der Waals surface area contributed by atoms with E-state index in [4.69, 9.17) is 5.26 Å².